The molecule has 0 N–H and O–H groups in total. The summed E-state index contributed by atoms with van der Waals surface area (Å²) in [6.07, 6.45) is 4.84. The Morgan fingerprint density at radius 1 is 1.40 bits per heavy atom. The second-order valence-electron chi connectivity index (χ2n) is 6.01. The Balaban J connectivity index is 2.13. The van der Waals surface area contributed by atoms with Crippen molar-refractivity contribution in [2.24, 2.45) is 5.92 Å². The minimum absolute atomic E-state index is 0.164. The van der Waals surface area contributed by atoms with Crippen LogP contribution >= 0.6 is 11.6 Å². The molecule has 3 atom stereocenters. The van der Waals surface area contributed by atoms with E-state index in [2.05, 4.69) is 16.5 Å². The molecule has 3 rings (SSSR count). The summed E-state index contributed by atoms with van der Waals surface area (Å²) in [5.74, 6) is 1.35. The summed E-state index contributed by atoms with van der Waals surface area (Å²) in [6.45, 7) is 4.23. The van der Waals surface area contributed by atoms with Crippen LogP contribution < -0.4 is 0 Å². The minimum atomic E-state index is -0.243. The summed E-state index contributed by atoms with van der Waals surface area (Å²) in [4.78, 5) is 4.56. The molecular weight excluding hydrogens is 275 g/mol. The Kier molecular flexibility index (Phi) is 3.72. The van der Waals surface area contributed by atoms with Crippen LogP contribution in [0.1, 0.15) is 56.8 Å². The number of rotatable bonds is 2. The lowest BCUT2D eigenvalue weighted by Gasteiger charge is -2.30. The first-order chi connectivity index (χ1) is 9.56. The highest BCUT2D eigenvalue weighted by Crippen LogP contribution is 2.37. The maximum Gasteiger partial charge on any atom is 0.127 e. The molecule has 0 bridgehead atoms. The van der Waals surface area contributed by atoms with Crippen LogP contribution in [0.3, 0.4) is 0 Å². The van der Waals surface area contributed by atoms with Gasteiger partial charge < -0.3 is 4.57 Å². The van der Waals surface area contributed by atoms with Gasteiger partial charge >= 0.3 is 0 Å². The van der Waals surface area contributed by atoms with Crippen molar-refractivity contribution in [3.63, 3.8) is 0 Å². The smallest absolute Gasteiger partial charge is 0.127 e. The molecule has 0 radical (unpaired) electrons. The first-order valence-electron chi connectivity index (χ1n) is 7.37. The van der Waals surface area contributed by atoms with Crippen molar-refractivity contribution in [1.82, 2.24) is 9.55 Å². The predicted octanol–water partition coefficient (Wildman–Crippen LogP) is 5.23. The zero-order chi connectivity index (χ0) is 14.3. The molecule has 1 aliphatic rings. The lowest BCUT2D eigenvalue weighted by atomic mass is 9.86. The molecule has 20 heavy (non-hydrogen) atoms. The Morgan fingerprint density at radius 3 is 2.90 bits per heavy atom. The molecule has 3 unspecified atom stereocenters. The van der Waals surface area contributed by atoms with Crippen molar-refractivity contribution >= 4 is 22.6 Å². The van der Waals surface area contributed by atoms with Crippen LogP contribution in [0.25, 0.3) is 11.0 Å². The summed E-state index contributed by atoms with van der Waals surface area (Å²) in [5, 5.41) is -0.164. The summed E-state index contributed by atoms with van der Waals surface area (Å²) < 4.78 is 15.7. The standard InChI is InChI=1S/C16H20ClFN2/c1-10-4-3-5-13(8-10)20-15-7-6-12(18)9-14(15)19-16(20)11(2)17/h6-7,9-11,13H,3-5,8H2,1-2H3. The Bertz CT molecular complexity index is 620. The first-order valence-corrected chi connectivity index (χ1v) is 7.81. The van der Waals surface area contributed by atoms with Gasteiger partial charge in [0.2, 0.25) is 0 Å². The maximum absolute atomic E-state index is 13.4. The third kappa shape index (κ3) is 2.44. The normalized spacial score (nSPS) is 25.0. The van der Waals surface area contributed by atoms with E-state index in [4.69, 9.17) is 11.6 Å². The van der Waals surface area contributed by atoms with Gasteiger partial charge in [-0.25, -0.2) is 9.37 Å². The second kappa shape index (κ2) is 5.36. The van der Waals surface area contributed by atoms with Gasteiger partial charge in [0.05, 0.1) is 16.4 Å². The van der Waals surface area contributed by atoms with Gasteiger partial charge in [0.25, 0.3) is 0 Å². The van der Waals surface area contributed by atoms with Crippen molar-refractivity contribution in [1.29, 1.82) is 0 Å². The van der Waals surface area contributed by atoms with E-state index < -0.39 is 0 Å². The fraction of sp³-hybridized carbons (Fsp3) is 0.562. The average molecular weight is 295 g/mol. The number of hydrogen-bond acceptors (Lipinski definition) is 1. The largest absolute Gasteiger partial charge is 0.324 e. The molecule has 1 aliphatic carbocycles. The topological polar surface area (TPSA) is 17.8 Å². The van der Waals surface area contributed by atoms with E-state index in [9.17, 15) is 4.39 Å². The molecule has 1 aromatic heterocycles. The summed E-state index contributed by atoms with van der Waals surface area (Å²) in [6, 6.07) is 5.28. The Hall–Kier alpha value is -1.09. The van der Waals surface area contributed by atoms with E-state index in [-0.39, 0.29) is 11.2 Å². The van der Waals surface area contributed by atoms with Gasteiger partial charge in [-0.05, 0) is 37.8 Å². The highest BCUT2D eigenvalue weighted by molar-refractivity contribution is 6.20. The molecule has 2 aromatic rings. The minimum Gasteiger partial charge on any atom is -0.324 e. The number of alkyl halides is 1. The third-order valence-corrected chi connectivity index (χ3v) is 4.50. The molecule has 2 nitrogen and oxygen atoms in total. The highest BCUT2D eigenvalue weighted by atomic mass is 35.5. The van der Waals surface area contributed by atoms with Gasteiger partial charge in [-0.1, -0.05) is 19.8 Å². The van der Waals surface area contributed by atoms with Crippen molar-refractivity contribution in [2.45, 2.75) is 50.9 Å². The van der Waals surface area contributed by atoms with Crippen LogP contribution in [-0.4, -0.2) is 9.55 Å². The van der Waals surface area contributed by atoms with Crippen LogP contribution in [0.2, 0.25) is 0 Å². The Morgan fingerprint density at radius 2 is 2.20 bits per heavy atom. The number of fused-ring (bicyclic) bond motifs is 1. The van der Waals surface area contributed by atoms with E-state index >= 15 is 0 Å². The van der Waals surface area contributed by atoms with Crippen LogP contribution in [0.5, 0.6) is 0 Å². The SMILES string of the molecule is CC1CCCC(n2c(C(C)Cl)nc3cc(F)ccc32)C1. The number of imidazole rings is 1. The number of aromatic nitrogens is 2. The van der Waals surface area contributed by atoms with Crippen LogP contribution in [0.15, 0.2) is 18.2 Å². The number of nitrogens with zero attached hydrogens (tertiary/aromatic N) is 2. The molecule has 1 fully saturated rings. The van der Waals surface area contributed by atoms with Crippen molar-refractivity contribution in [3.05, 3.63) is 29.8 Å². The fourth-order valence-corrected chi connectivity index (χ4v) is 3.55. The lowest BCUT2D eigenvalue weighted by Crippen LogP contribution is -2.19. The molecule has 108 valence electrons. The zero-order valence-electron chi connectivity index (χ0n) is 11.9. The Labute approximate surface area is 123 Å². The lowest BCUT2D eigenvalue weighted by molar-refractivity contribution is 0.282. The van der Waals surface area contributed by atoms with Crippen molar-refractivity contribution in [2.75, 3.05) is 0 Å². The number of hydrogen-bond donors (Lipinski definition) is 0. The third-order valence-electron chi connectivity index (χ3n) is 4.31. The van der Waals surface area contributed by atoms with Gasteiger partial charge in [-0.15, -0.1) is 11.6 Å². The van der Waals surface area contributed by atoms with Crippen molar-refractivity contribution in [3.8, 4) is 0 Å². The molecule has 1 aromatic carbocycles. The molecule has 0 aliphatic heterocycles. The summed E-state index contributed by atoms with van der Waals surface area (Å²) >= 11 is 6.30. The van der Waals surface area contributed by atoms with Crippen LogP contribution in [0.4, 0.5) is 4.39 Å². The first kappa shape index (κ1) is 13.9. The fourth-order valence-electron chi connectivity index (χ4n) is 3.39. The van der Waals surface area contributed by atoms with Gasteiger partial charge in [0.1, 0.15) is 11.6 Å². The van der Waals surface area contributed by atoms with E-state index in [1.54, 1.807) is 0 Å². The van der Waals surface area contributed by atoms with E-state index in [1.807, 2.05) is 13.0 Å². The van der Waals surface area contributed by atoms with E-state index in [0.717, 1.165) is 30.1 Å². The highest BCUT2D eigenvalue weighted by Gasteiger charge is 2.26. The van der Waals surface area contributed by atoms with Crippen LogP contribution in [-0.2, 0) is 0 Å². The average Bonchev–Trinajstić information content (AvgIpc) is 2.77. The van der Waals surface area contributed by atoms with Gasteiger partial charge in [0.15, 0.2) is 0 Å². The second-order valence-corrected chi connectivity index (χ2v) is 6.67. The molecule has 1 saturated carbocycles. The van der Waals surface area contributed by atoms with E-state index in [1.165, 1.54) is 25.0 Å². The summed E-state index contributed by atoms with van der Waals surface area (Å²) in [5.41, 5.74) is 1.72. The van der Waals surface area contributed by atoms with E-state index in [0.29, 0.717) is 11.6 Å². The predicted molar refractivity (Wildman–Crippen MR) is 80.6 cm³/mol. The molecular formula is C16H20ClFN2. The van der Waals surface area contributed by atoms with Crippen molar-refractivity contribution < 1.29 is 4.39 Å². The molecule has 0 amide bonds. The molecule has 0 saturated heterocycles. The maximum atomic E-state index is 13.4. The number of halogens is 2. The summed E-state index contributed by atoms with van der Waals surface area (Å²) in [7, 11) is 0. The molecule has 4 heteroatoms. The quantitative estimate of drug-likeness (QED) is 0.694. The molecule has 0 spiro atoms. The van der Waals surface area contributed by atoms with Crippen LogP contribution in [0, 0.1) is 11.7 Å². The molecule has 1 heterocycles. The number of benzene rings is 1. The van der Waals surface area contributed by atoms with Gasteiger partial charge in [0, 0.05) is 12.1 Å². The zero-order valence-corrected chi connectivity index (χ0v) is 12.7. The van der Waals surface area contributed by atoms with Gasteiger partial charge in [-0.2, -0.15) is 0 Å². The van der Waals surface area contributed by atoms with Gasteiger partial charge in [-0.3, -0.25) is 0 Å². The monoisotopic (exact) mass is 294 g/mol.